The number of piperidine rings is 1. The minimum Gasteiger partial charge on any atom is -0.339 e. The van der Waals surface area contributed by atoms with Crippen LogP contribution in [0.3, 0.4) is 0 Å². The van der Waals surface area contributed by atoms with E-state index in [0.29, 0.717) is 5.91 Å². The maximum atomic E-state index is 13.4. The molecule has 3 nitrogen and oxygen atoms in total. The van der Waals surface area contributed by atoms with Gasteiger partial charge in [0, 0.05) is 24.5 Å². The van der Waals surface area contributed by atoms with Crippen molar-refractivity contribution in [3.63, 3.8) is 0 Å². The van der Waals surface area contributed by atoms with Gasteiger partial charge in [0.25, 0.3) is 0 Å². The highest BCUT2D eigenvalue weighted by molar-refractivity contribution is 5.79. The molecule has 1 aromatic rings. The molecule has 0 radical (unpaired) electrons. The van der Waals surface area contributed by atoms with Crippen molar-refractivity contribution in [1.82, 2.24) is 9.80 Å². The van der Waals surface area contributed by atoms with Gasteiger partial charge in [0.15, 0.2) is 0 Å². The van der Waals surface area contributed by atoms with E-state index in [4.69, 9.17) is 0 Å². The number of amides is 1. The first-order valence-corrected chi connectivity index (χ1v) is 9.49. The van der Waals surface area contributed by atoms with E-state index in [1.54, 1.807) is 12.1 Å². The van der Waals surface area contributed by atoms with Crippen LogP contribution in [0.1, 0.15) is 44.1 Å². The van der Waals surface area contributed by atoms with E-state index in [9.17, 15) is 9.18 Å². The van der Waals surface area contributed by atoms with E-state index >= 15 is 0 Å². The van der Waals surface area contributed by atoms with Crippen LogP contribution in [-0.2, 0) is 11.2 Å². The first-order chi connectivity index (χ1) is 11.7. The van der Waals surface area contributed by atoms with Crippen LogP contribution < -0.4 is 0 Å². The van der Waals surface area contributed by atoms with Gasteiger partial charge in [-0.05, 0) is 75.7 Å². The Balaban J connectivity index is 1.36. The highest BCUT2D eigenvalue weighted by atomic mass is 19.1. The molecule has 1 aromatic carbocycles. The second kappa shape index (κ2) is 6.83. The van der Waals surface area contributed by atoms with Gasteiger partial charge in [-0.3, -0.25) is 4.79 Å². The molecule has 24 heavy (non-hydrogen) atoms. The lowest BCUT2D eigenvalue weighted by molar-refractivity contribution is -0.138. The molecule has 1 amide bonds. The third kappa shape index (κ3) is 3.49. The van der Waals surface area contributed by atoms with Crippen LogP contribution in [0.4, 0.5) is 4.39 Å². The van der Waals surface area contributed by atoms with E-state index in [-0.39, 0.29) is 17.8 Å². The number of rotatable bonds is 4. The largest absolute Gasteiger partial charge is 0.339 e. The Morgan fingerprint density at radius 1 is 1.08 bits per heavy atom. The van der Waals surface area contributed by atoms with Crippen molar-refractivity contribution >= 4 is 5.91 Å². The summed E-state index contributed by atoms with van der Waals surface area (Å²) in [6.45, 7) is 3.05. The van der Waals surface area contributed by atoms with Gasteiger partial charge in [0.05, 0.1) is 0 Å². The Hall–Kier alpha value is -1.42. The molecule has 130 valence electrons. The van der Waals surface area contributed by atoms with Crippen LogP contribution in [0.5, 0.6) is 0 Å². The van der Waals surface area contributed by atoms with Crippen molar-refractivity contribution in [2.75, 3.05) is 19.6 Å². The van der Waals surface area contributed by atoms with Crippen molar-refractivity contribution in [3.05, 3.63) is 35.6 Å². The van der Waals surface area contributed by atoms with Gasteiger partial charge in [-0.2, -0.15) is 0 Å². The first kappa shape index (κ1) is 16.1. The monoisotopic (exact) mass is 330 g/mol. The first-order valence-electron chi connectivity index (χ1n) is 9.49. The number of likely N-dealkylation sites (tertiary alicyclic amines) is 2. The fourth-order valence-electron chi connectivity index (χ4n) is 4.46. The Morgan fingerprint density at radius 2 is 1.88 bits per heavy atom. The highest BCUT2D eigenvalue weighted by Crippen LogP contribution is 2.32. The van der Waals surface area contributed by atoms with Crippen LogP contribution >= 0.6 is 0 Å². The average Bonchev–Trinajstić information content (AvgIpc) is 3.34. The van der Waals surface area contributed by atoms with Crippen molar-refractivity contribution < 1.29 is 9.18 Å². The number of hydrogen-bond acceptors (Lipinski definition) is 2. The Bertz CT molecular complexity index is 593. The number of halogens is 1. The van der Waals surface area contributed by atoms with E-state index < -0.39 is 0 Å². The number of carbonyl (C=O) groups excluding carboxylic acids is 1. The molecule has 4 rings (SSSR count). The summed E-state index contributed by atoms with van der Waals surface area (Å²) in [6, 6.07) is 7.88. The maximum absolute atomic E-state index is 13.4. The fraction of sp³-hybridized carbons (Fsp3) is 0.650. The number of benzene rings is 1. The highest BCUT2D eigenvalue weighted by Gasteiger charge is 2.37. The molecule has 2 saturated heterocycles. The quantitative estimate of drug-likeness (QED) is 0.846. The summed E-state index contributed by atoms with van der Waals surface area (Å²) in [7, 11) is 0. The third-order valence-corrected chi connectivity index (χ3v) is 5.96. The molecule has 3 aliphatic rings. The predicted octanol–water partition coefficient (Wildman–Crippen LogP) is 3.23. The van der Waals surface area contributed by atoms with Crippen molar-refractivity contribution in [2.45, 2.75) is 57.0 Å². The van der Waals surface area contributed by atoms with Gasteiger partial charge in [0.2, 0.25) is 5.91 Å². The van der Waals surface area contributed by atoms with E-state index in [1.807, 2.05) is 6.07 Å². The smallest absolute Gasteiger partial charge is 0.226 e. The molecule has 1 aliphatic carbocycles. The molecule has 0 bridgehead atoms. The summed E-state index contributed by atoms with van der Waals surface area (Å²) in [6.07, 6.45) is 7.62. The molecule has 2 aliphatic heterocycles. The van der Waals surface area contributed by atoms with Crippen LogP contribution in [0.15, 0.2) is 24.3 Å². The van der Waals surface area contributed by atoms with Gasteiger partial charge in [0.1, 0.15) is 5.82 Å². The lowest BCUT2D eigenvalue weighted by Crippen LogP contribution is -2.45. The topological polar surface area (TPSA) is 23.6 Å². The molecule has 1 atom stereocenters. The zero-order valence-corrected chi connectivity index (χ0v) is 14.3. The zero-order valence-electron chi connectivity index (χ0n) is 14.3. The molecule has 4 heteroatoms. The SMILES string of the molecule is O=C(C1CCN(C2CC2)CC1)N1CCC[C@H]1Cc1cccc(F)c1. The molecule has 2 heterocycles. The number of hydrogen-bond donors (Lipinski definition) is 0. The van der Waals surface area contributed by atoms with Crippen molar-refractivity contribution in [2.24, 2.45) is 5.92 Å². The Morgan fingerprint density at radius 3 is 2.58 bits per heavy atom. The van der Waals surface area contributed by atoms with Crippen LogP contribution in [0.25, 0.3) is 0 Å². The van der Waals surface area contributed by atoms with Crippen LogP contribution in [-0.4, -0.2) is 47.4 Å². The van der Waals surface area contributed by atoms with E-state index in [0.717, 1.165) is 63.3 Å². The van der Waals surface area contributed by atoms with E-state index in [1.165, 1.54) is 18.9 Å². The minimum absolute atomic E-state index is 0.184. The molecule has 3 fully saturated rings. The predicted molar refractivity (Wildman–Crippen MR) is 92.2 cm³/mol. The Labute approximate surface area is 143 Å². The molecule has 0 unspecified atom stereocenters. The number of nitrogens with zero attached hydrogens (tertiary/aromatic N) is 2. The van der Waals surface area contributed by atoms with Crippen molar-refractivity contribution in [1.29, 1.82) is 0 Å². The minimum atomic E-state index is -0.184. The van der Waals surface area contributed by atoms with Gasteiger partial charge < -0.3 is 9.80 Å². The molecule has 0 N–H and O–H groups in total. The normalized spacial score (nSPS) is 26.0. The van der Waals surface area contributed by atoms with Crippen LogP contribution in [0.2, 0.25) is 0 Å². The van der Waals surface area contributed by atoms with Crippen molar-refractivity contribution in [3.8, 4) is 0 Å². The summed E-state index contributed by atoms with van der Waals surface area (Å²) in [4.78, 5) is 17.7. The summed E-state index contributed by atoms with van der Waals surface area (Å²) in [5.74, 6) is 0.369. The second-order valence-electron chi connectivity index (χ2n) is 7.70. The second-order valence-corrected chi connectivity index (χ2v) is 7.70. The summed E-state index contributed by atoms with van der Waals surface area (Å²) < 4.78 is 13.4. The number of carbonyl (C=O) groups is 1. The van der Waals surface area contributed by atoms with Gasteiger partial charge in [-0.1, -0.05) is 12.1 Å². The molecule has 1 saturated carbocycles. The zero-order chi connectivity index (χ0) is 16.5. The van der Waals surface area contributed by atoms with E-state index in [2.05, 4.69) is 9.80 Å². The maximum Gasteiger partial charge on any atom is 0.226 e. The standard InChI is InChI=1S/C20H27FN2O/c21-17-4-1-3-15(13-17)14-19-5-2-10-23(19)20(24)16-8-11-22(12-9-16)18-6-7-18/h1,3-4,13,16,18-19H,2,5-12,14H2/t19-/m0/s1. The average molecular weight is 330 g/mol. The van der Waals surface area contributed by atoms with Gasteiger partial charge >= 0.3 is 0 Å². The lowest BCUT2D eigenvalue weighted by atomic mass is 9.94. The van der Waals surface area contributed by atoms with Crippen LogP contribution in [0, 0.1) is 11.7 Å². The molecule has 0 spiro atoms. The Kier molecular flexibility index (Phi) is 4.57. The van der Waals surface area contributed by atoms with Gasteiger partial charge in [-0.25, -0.2) is 4.39 Å². The molecular formula is C20H27FN2O. The summed E-state index contributed by atoms with van der Waals surface area (Å²) in [5, 5.41) is 0. The molecule has 0 aromatic heterocycles. The van der Waals surface area contributed by atoms with Gasteiger partial charge in [-0.15, -0.1) is 0 Å². The fourth-order valence-corrected chi connectivity index (χ4v) is 4.46. The lowest BCUT2D eigenvalue weighted by Gasteiger charge is -2.35. The summed E-state index contributed by atoms with van der Waals surface area (Å²) >= 11 is 0. The third-order valence-electron chi connectivity index (χ3n) is 5.96. The summed E-state index contributed by atoms with van der Waals surface area (Å²) in [5.41, 5.74) is 1.00. The molecular weight excluding hydrogens is 303 g/mol.